The standard InChI is InChI=1S/C17H22N2O/c1-13-5-6-15(14(2)12-13)17(16-4-3-11-20-16)19-9-7-18-8-10-19/h3-6,11-12,17-18H,7-10H2,1-2H3. The van der Waals surface area contributed by atoms with Gasteiger partial charge < -0.3 is 9.73 Å². The predicted octanol–water partition coefficient (Wildman–Crippen LogP) is 2.89. The number of hydrogen-bond donors (Lipinski definition) is 1. The molecule has 0 amide bonds. The van der Waals surface area contributed by atoms with Crippen LogP contribution in [0.15, 0.2) is 41.0 Å². The van der Waals surface area contributed by atoms with E-state index in [0.717, 1.165) is 31.9 Å². The van der Waals surface area contributed by atoms with Gasteiger partial charge in [-0.2, -0.15) is 0 Å². The minimum absolute atomic E-state index is 0.229. The summed E-state index contributed by atoms with van der Waals surface area (Å²) >= 11 is 0. The molecule has 1 aliphatic rings. The van der Waals surface area contributed by atoms with Crippen LogP contribution >= 0.6 is 0 Å². The fourth-order valence-electron chi connectivity index (χ4n) is 3.05. The SMILES string of the molecule is Cc1ccc(C(c2ccco2)N2CCNCC2)c(C)c1. The van der Waals surface area contributed by atoms with Gasteiger partial charge in [-0.15, -0.1) is 0 Å². The second-order valence-electron chi connectivity index (χ2n) is 5.56. The molecule has 0 radical (unpaired) electrons. The molecule has 0 bridgehead atoms. The Morgan fingerprint density at radius 3 is 2.60 bits per heavy atom. The van der Waals surface area contributed by atoms with Gasteiger partial charge in [0.25, 0.3) is 0 Å². The number of piperazine rings is 1. The number of furan rings is 1. The van der Waals surface area contributed by atoms with Crippen molar-refractivity contribution in [1.29, 1.82) is 0 Å². The molecule has 1 unspecified atom stereocenters. The molecule has 106 valence electrons. The summed E-state index contributed by atoms with van der Waals surface area (Å²) in [6.07, 6.45) is 1.77. The molecule has 0 aliphatic carbocycles. The Bertz CT molecular complexity index is 556. The number of nitrogens with zero attached hydrogens (tertiary/aromatic N) is 1. The predicted molar refractivity (Wildman–Crippen MR) is 80.9 cm³/mol. The highest BCUT2D eigenvalue weighted by Crippen LogP contribution is 2.31. The van der Waals surface area contributed by atoms with Gasteiger partial charge in [-0.3, -0.25) is 4.90 Å². The lowest BCUT2D eigenvalue weighted by molar-refractivity contribution is 0.179. The topological polar surface area (TPSA) is 28.4 Å². The number of nitrogens with one attached hydrogen (secondary N) is 1. The van der Waals surface area contributed by atoms with E-state index in [9.17, 15) is 0 Å². The lowest BCUT2D eigenvalue weighted by atomic mass is 9.96. The molecular formula is C17H22N2O. The Balaban J connectivity index is 2.00. The molecule has 1 aliphatic heterocycles. The van der Waals surface area contributed by atoms with Crippen molar-refractivity contribution in [3.63, 3.8) is 0 Å². The highest BCUT2D eigenvalue weighted by atomic mass is 16.3. The number of rotatable bonds is 3. The summed E-state index contributed by atoms with van der Waals surface area (Å²) < 4.78 is 5.73. The first-order valence-electron chi connectivity index (χ1n) is 7.31. The van der Waals surface area contributed by atoms with E-state index in [0.29, 0.717) is 0 Å². The maximum atomic E-state index is 5.73. The molecule has 2 aromatic rings. The van der Waals surface area contributed by atoms with Crippen LogP contribution in [-0.2, 0) is 0 Å². The summed E-state index contributed by atoms with van der Waals surface area (Å²) in [4.78, 5) is 2.51. The van der Waals surface area contributed by atoms with Crippen LogP contribution in [0.4, 0.5) is 0 Å². The lowest BCUT2D eigenvalue weighted by Crippen LogP contribution is -2.45. The summed E-state index contributed by atoms with van der Waals surface area (Å²) in [6, 6.07) is 11.0. The number of hydrogen-bond acceptors (Lipinski definition) is 3. The molecule has 1 aromatic carbocycles. The maximum absolute atomic E-state index is 5.73. The van der Waals surface area contributed by atoms with Crippen LogP contribution in [0.3, 0.4) is 0 Å². The van der Waals surface area contributed by atoms with Crippen molar-refractivity contribution >= 4 is 0 Å². The third-order valence-corrected chi connectivity index (χ3v) is 4.05. The van der Waals surface area contributed by atoms with E-state index in [1.165, 1.54) is 16.7 Å². The summed E-state index contributed by atoms with van der Waals surface area (Å²) in [5.74, 6) is 1.04. The van der Waals surface area contributed by atoms with Crippen LogP contribution in [0.25, 0.3) is 0 Å². The normalized spacial score (nSPS) is 18.1. The zero-order chi connectivity index (χ0) is 13.9. The highest BCUT2D eigenvalue weighted by molar-refractivity contribution is 5.36. The molecule has 0 spiro atoms. The van der Waals surface area contributed by atoms with Crippen LogP contribution in [0, 0.1) is 13.8 Å². The van der Waals surface area contributed by atoms with E-state index in [-0.39, 0.29) is 6.04 Å². The van der Waals surface area contributed by atoms with Crippen molar-refractivity contribution in [2.45, 2.75) is 19.9 Å². The zero-order valence-corrected chi connectivity index (χ0v) is 12.2. The monoisotopic (exact) mass is 270 g/mol. The van der Waals surface area contributed by atoms with Gasteiger partial charge in [0.05, 0.1) is 12.3 Å². The average molecular weight is 270 g/mol. The summed E-state index contributed by atoms with van der Waals surface area (Å²) in [5.41, 5.74) is 4.00. The molecule has 2 heterocycles. The van der Waals surface area contributed by atoms with Crippen molar-refractivity contribution in [3.8, 4) is 0 Å². The van der Waals surface area contributed by atoms with Gasteiger partial charge in [-0.1, -0.05) is 23.8 Å². The first-order chi connectivity index (χ1) is 9.75. The zero-order valence-electron chi connectivity index (χ0n) is 12.2. The van der Waals surface area contributed by atoms with Crippen LogP contribution in [0.1, 0.15) is 28.5 Å². The van der Waals surface area contributed by atoms with Gasteiger partial charge in [0, 0.05) is 26.2 Å². The average Bonchev–Trinajstić information content (AvgIpc) is 2.97. The van der Waals surface area contributed by atoms with Gasteiger partial charge in [0.1, 0.15) is 5.76 Å². The Morgan fingerprint density at radius 1 is 1.15 bits per heavy atom. The quantitative estimate of drug-likeness (QED) is 0.929. The van der Waals surface area contributed by atoms with Crippen molar-refractivity contribution in [2.75, 3.05) is 26.2 Å². The van der Waals surface area contributed by atoms with Crippen molar-refractivity contribution in [2.24, 2.45) is 0 Å². The molecule has 0 saturated carbocycles. The second-order valence-corrected chi connectivity index (χ2v) is 5.56. The smallest absolute Gasteiger partial charge is 0.125 e. The van der Waals surface area contributed by atoms with Crippen molar-refractivity contribution in [1.82, 2.24) is 10.2 Å². The molecule has 3 nitrogen and oxygen atoms in total. The Labute approximate surface area is 120 Å². The van der Waals surface area contributed by atoms with Gasteiger partial charge in [0.2, 0.25) is 0 Å². The van der Waals surface area contributed by atoms with Gasteiger partial charge in [-0.05, 0) is 37.1 Å². The third-order valence-electron chi connectivity index (χ3n) is 4.05. The van der Waals surface area contributed by atoms with E-state index in [4.69, 9.17) is 4.42 Å². The Kier molecular flexibility index (Phi) is 3.90. The van der Waals surface area contributed by atoms with Crippen molar-refractivity contribution < 1.29 is 4.42 Å². The van der Waals surface area contributed by atoms with Crippen molar-refractivity contribution in [3.05, 3.63) is 59.0 Å². The van der Waals surface area contributed by atoms with Crippen LogP contribution in [-0.4, -0.2) is 31.1 Å². The largest absolute Gasteiger partial charge is 0.467 e. The Morgan fingerprint density at radius 2 is 1.95 bits per heavy atom. The minimum Gasteiger partial charge on any atom is -0.467 e. The molecule has 3 heteroatoms. The van der Waals surface area contributed by atoms with Gasteiger partial charge >= 0.3 is 0 Å². The highest BCUT2D eigenvalue weighted by Gasteiger charge is 2.27. The van der Waals surface area contributed by atoms with Crippen LogP contribution in [0.2, 0.25) is 0 Å². The summed E-state index contributed by atoms with van der Waals surface area (Å²) in [6.45, 7) is 8.53. The number of benzene rings is 1. The second kappa shape index (κ2) is 5.81. The van der Waals surface area contributed by atoms with Gasteiger partial charge in [-0.25, -0.2) is 0 Å². The Hall–Kier alpha value is -1.58. The molecule has 3 rings (SSSR count). The van der Waals surface area contributed by atoms with E-state index in [1.807, 2.05) is 6.07 Å². The molecular weight excluding hydrogens is 248 g/mol. The summed E-state index contributed by atoms with van der Waals surface area (Å²) in [5, 5.41) is 3.42. The van der Waals surface area contributed by atoms with E-state index in [2.05, 4.69) is 48.3 Å². The van der Waals surface area contributed by atoms with E-state index >= 15 is 0 Å². The first kappa shape index (κ1) is 13.4. The summed E-state index contributed by atoms with van der Waals surface area (Å²) in [7, 11) is 0. The molecule has 1 saturated heterocycles. The molecule has 1 atom stereocenters. The third kappa shape index (κ3) is 2.65. The number of aryl methyl sites for hydroxylation is 2. The molecule has 1 aromatic heterocycles. The van der Waals surface area contributed by atoms with Gasteiger partial charge in [0.15, 0.2) is 0 Å². The van der Waals surface area contributed by atoms with Crippen LogP contribution < -0.4 is 5.32 Å². The molecule has 1 fully saturated rings. The lowest BCUT2D eigenvalue weighted by Gasteiger charge is -2.34. The maximum Gasteiger partial charge on any atom is 0.125 e. The fourth-order valence-corrected chi connectivity index (χ4v) is 3.05. The van der Waals surface area contributed by atoms with E-state index < -0.39 is 0 Å². The molecule has 20 heavy (non-hydrogen) atoms. The fraction of sp³-hybridized carbons (Fsp3) is 0.412. The first-order valence-corrected chi connectivity index (χ1v) is 7.31. The molecule has 1 N–H and O–H groups in total. The van der Waals surface area contributed by atoms with E-state index in [1.54, 1.807) is 6.26 Å². The minimum atomic E-state index is 0.229. The van der Waals surface area contributed by atoms with Crippen LogP contribution in [0.5, 0.6) is 0 Å².